The van der Waals surface area contributed by atoms with Gasteiger partial charge in [-0.15, -0.1) is 11.3 Å². The third-order valence-electron chi connectivity index (χ3n) is 8.69. The summed E-state index contributed by atoms with van der Waals surface area (Å²) in [4.78, 5) is 0. The maximum atomic E-state index is 2.61. The molecule has 2 aliphatic rings. The number of rotatable bonds is 2. The van der Waals surface area contributed by atoms with E-state index in [9.17, 15) is 0 Å². The zero-order valence-corrected chi connectivity index (χ0v) is 22.3. The van der Waals surface area contributed by atoms with E-state index in [1.54, 1.807) is 0 Å². The summed E-state index contributed by atoms with van der Waals surface area (Å²) < 4.78 is 7.80. The molecule has 186 valence electrons. The zero-order chi connectivity index (χ0) is 25.5. The van der Waals surface area contributed by atoms with Crippen LogP contribution in [0.1, 0.15) is 30.1 Å². The van der Waals surface area contributed by atoms with Crippen LogP contribution in [0.5, 0.6) is 0 Å². The Morgan fingerprint density at radius 2 is 1.46 bits per heavy atom. The number of thiophene rings is 1. The topological polar surface area (TPSA) is 9.86 Å². The molecule has 7 aromatic rings. The zero-order valence-electron chi connectivity index (χ0n) is 21.5. The Balaban J connectivity index is 1.49. The molecule has 3 heteroatoms. The van der Waals surface area contributed by atoms with Crippen LogP contribution in [-0.4, -0.2) is 9.13 Å². The van der Waals surface area contributed by atoms with E-state index in [1.165, 1.54) is 69.8 Å². The minimum atomic E-state index is 0.353. The van der Waals surface area contributed by atoms with Crippen molar-refractivity contribution in [3.8, 4) is 5.69 Å². The van der Waals surface area contributed by atoms with Gasteiger partial charge in [0.2, 0.25) is 0 Å². The van der Waals surface area contributed by atoms with Gasteiger partial charge >= 0.3 is 0 Å². The van der Waals surface area contributed by atoms with Crippen LogP contribution < -0.4 is 0 Å². The number of aryl methyl sites for hydroxylation is 1. The predicted octanol–water partition coefficient (Wildman–Crippen LogP) is 10.1. The average molecular weight is 519 g/mol. The molecule has 0 aliphatic heterocycles. The molecule has 0 N–H and O–H groups in total. The number of fused-ring (bicyclic) bond motifs is 11. The summed E-state index contributed by atoms with van der Waals surface area (Å²) in [6, 6.07) is 29.5. The fourth-order valence-electron chi connectivity index (χ4n) is 7.14. The van der Waals surface area contributed by atoms with Crippen molar-refractivity contribution in [1.82, 2.24) is 9.13 Å². The van der Waals surface area contributed by atoms with Crippen molar-refractivity contribution < 1.29 is 0 Å². The molecule has 0 radical (unpaired) electrons. The van der Waals surface area contributed by atoms with Crippen molar-refractivity contribution in [3.05, 3.63) is 121 Å². The van der Waals surface area contributed by atoms with E-state index in [-0.39, 0.29) is 0 Å². The highest BCUT2D eigenvalue weighted by atomic mass is 32.1. The first-order valence-electron chi connectivity index (χ1n) is 13.9. The molecule has 2 nitrogen and oxygen atoms in total. The van der Waals surface area contributed by atoms with E-state index in [0.717, 1.165) is 19.3 Å². The second kappa shape index (κ2) is 8.08. The summed E-state index contributed by atoms with van der Waals surface area (Å²) in [6.45, 7) is 0. The Morgan fingerprint density at radius 3 is 2.31 bits per heavy atom. The molecule has 1 unspecified atom stereocenters. The molecule has 2 aliphatic carbocycles. The van der Waals surface area contributed by atoms with Gasteiger partial charge in [-0.25, -0.2) is 0 Å². The first-order valence-corrected chi connectivity index (χ1v) is 14.7. The third kappa shape index (κ3) is 2.91. The highest BCUT2D eigenvalue weighted by Crippen LogP contribution is 2.48. The molecule has 0 saturated carbocycles. The summed E-state index contributed by atoms with van der Waals surface area (Å²) in [5.74, 6) is 0. The summed E-state index contributed by atoms with van der Waals surface area (Å²) in [6.07, 6.45) is 17.0. The molecule has 0 spiro atoms. The number of hydrogen-bond acceptors (Lipinski definition) is 1. The molecule has 0 bridgehead atoms. The molecule has 4 aromatic carbocycles. The van der Waals surface area contributed by atoms with Crippen LogP contribution in [0.4, 0.5) is 0 Å². The first kappa shape index (κ1) is 21.6. The lowest BCUT2D eigenvalue weighted by atomic mass is 9.96. The van der Waals surface area contributed by atoms with E-state index >= 15 is 0 Å². The Kier molecular flexibility index (Phi) is 4.47. The van der Waals surface area contributed by atoms with Gasteiger partial charge in [-0.3, -0.25) is 0 Å². The number of hydrogen-bond donors (Lipinski definition) is 0. The Labute approximate surface area is 230 Å². The average Bonchev–Trinajstić information content (AvgIpc) is 3.65. The van der Waals surface area contributed by atoms with Gasteiger partial charge in [-0.05, 0) is 73.4 Å². The first-order chi connectivity index (χ1) is 19.4. The van der Waals surface area contributed by atoms with Crippen LogP contribution in [0.15, 0.2) is 109 Å². The van der Waals surface area contributed by atoms with Crippen LogP contribution >= 0.6 is 11.3 Å². The normalized spacial score (nSPS) is 16.9. The monoisotopic (exact) mass is 518 g/mol. The summed E-state index contributed by atoms with van der Waals surface area (Å²) in [7, 11) is 0. The van der Waals surface area contributed by atoms with Gasteiger partial charge in [-0.1, -0.05) is 66.8 Å². The van der Waals surface area contributed by atoms with Gasteiger partial charge in [-0.2, -0.15) is 0 Å². The van der Waals surface area contributed by atoms with Crippen molar-refractivity contribution in [2.24, 2.45) is 0 Å². The molecular weight excluding hydrogens is 492 g/mol. The van der Waals surface area contributed by atoms with Crippen molar-refractivity contribution in [2.45, 2.75) is 25.3 Å². The van der Waals surface area contributed by atoms with Gasteiger partial charge in [0.05, 0.1) is 22.6 Å². The maximum absolute atomic E-state index is 2.61. The number of para-hydroxylation sites is 2. The lowest BCUT2D eigenvalue weighted by Gasteiger charge is -2.20. The molecule has 3 aromatic heterocycles. The van der Waals surface area contributed by atoms with Gasteiger partial charge in [0.25, 0.3) is 0 Å². The Hall–Kier alpha value is -4.34. The minimum absolute atomic E-state index is 0.353. The number of nitrogens with zero attached hydrogens (tertiary/aromatic N) is 2. The van der Waals surface area contributed by atoms with Crippen LogP contribution in [0.25, 0.3) is 64.6 Å². The summed E-state index contributed by atoms with van der Waals surface area (Å²) in [5.41, 5.74) is 8.03. The fraction of sp³-hybridized carbons (Fsp3) is 0.111. The van der Waals surface area contributed by atoms with Gasteiger partial charge in [0.1, 0.15) is 0 Å². The van der Waals surface area contributed by atoms with Gasteiger partial charge < -0.3 is 9.13 Å². The SMILES string of the molecule is C1=CCC(n2c3c(c4c5c(ccc42)sc2ccc4c(c6ccccc6n4-c4ccccc4)c25)CCC=C3)C=C1. The Bertz CT molecular complexity index is 2200. The summed E-state index contributed by atoms with van der Waals surface area (Å²) in [5, 5.41) is 7.02. The van der Waals surface area contributed by atoms with Crippen LogP contribution in [0.2, 0.25) is 0 Å². The standard InChI is InChI=1S/C36H26N2S/c1-3-11-23(12-4-1)37-27-17-9-7-15-25(27)33-29(37)19-21-31-35(33)36-32(39-31)22-20-30-34(36)26-16-8-10-18-28(26)38(30)24-13-5-2-6-14-24/h1-7,9-13,15,17-22,24H,8,14,16H2. The van der Waals surface area contributed by atoms with E-state index in [2.05, 4.69) is 124 Å². The molecule has 0 fully saturated rings. The highest BCUT2D eigenvalue weighted by molar-refractivity contribution is 7.26. The second-order valence-corrected chi connectivity index (χ2v) is 11.8. The van der Waals surface area contributed by atoms with Crippen molar-refractivity contribution in [3.63, 3.8) is 0 Å². The van der Waals surface area contributed by atoms with Crippen LogP contribution in [-0.2, 0) is 6.42 Å². The lowest BCUT2D eigenvalue weighted by Crippen LogP contribution is -2.10. The van der Waals surface area contributed by atoms with E-state index < -0.39 is 0 Å². The van der Waals surface area contributed by atoms with E-state index in [4.69, 9.17) is 0 Å². The van der Waals surface area contributed by atoms with E-state index in [1.807, 2.05) is 11.3 Å². The molecule has 1 atom stereocenters. The molecule has 9 rings (SSSR count). The number of allylic oxidation sites excluding steroid dienone is 5. The largest absolute Gasteiger partial charge is 0.333 e. The summed E-state index contributed by atoms with van der Waals surface area (Å²) >= 11 is 1.94. The quantitative estimate of drug-likeness (QED) is 0.215. The predicted molar refractivity (Wildman–Crippen MR) is 168 cm³/mol. The fourth-order valence-corrected chi connectivity index (χ4v) is 8.26. The van der Waals surface area contributed by atoms with Crippen molar-refractivity contribution in [1.29, 1.82) is 0 Å². The van der Waals surface area contributed by atoms with Crippen LogP contribution in [0, 0.1) is 0 Å². The molecular formula is C36H26N2S. The molecule has 0 saturated heterocycles. The third-order valence-corrected chi connectivity index (χ3v) is 9.81. The number of benzene rings is 4. The molecule has 39 heavy (non-hydrogen) atoms. The highest BCUT2D eigenvalue weighted by Gasteiger charge is 2.26. The van der Waals surface area contributed by atoms with Gasteiger partial charge in [0, 0.05) is 47.7 Å². The van der Waals surface area contributed by atoms with Crippen molar-refractivity contribution >= 4 is 70.3 Å². The van der Waals surface area contributed by atoms with Gasteiger partial charge in [0.15, 0.2) is 0 Å². The number of aromatic nitrogens is 2. The Morgan fingerprint density at radius 1 is 0.667 bits per heavy atom. The van der Waals surface area contributed by atoms with Crippen LogP contribution in [0.3, 0.4) is 0 Å². The smallest absolute Gasteiger partial charge is 0.0560 e. The maximum Gasteiger partial charge on any atom is 0.0560 e. The lowest BCUT2D eigenvalue weighted by molar-refractivity contribution is 0.621. The molecule has 3 heterocycles. The minimum Gasteiger partial charge on any atom is -0.333 e. The van der Waals surface area contributed by atoms with Crippen molar-refractivity contribution in [2.75, 3.05) is 0 Å². The molecule has 0 amide bonds. The second-order valence-electron chi connectivity index (χ2n) is 10.7. The van der Waals surface area contributed by atoms with E-state index in [0.29, 0.717) is 6.04 Å².